The molecule has 4 heteroatoms. The Labute approximate surface area is 123 Å². The molecule has 1 rings (SSSR count). The van der Waals surface area contributed by atoms with Crippen molar-refractivity contribution in [2.24, 2.45) is 4.99 Å². The van der Waals surface area contributed by atoms with Gasteiger partial charge < -0.3 is 10.1 Å². The maximum atomic E-state index is 12.6. The van der Waals surface area contributed by atoms with Gasteiger partial charge in [0.2, 0.25) is 0 Å². The van der Waals surface area contributed by atoms with Crippen molar-refractivity contribution in [1.82, 2.24) is 5.32 Å². The molecular weight excluding hydrogens is 252 g/mol. The standard InChI is InChI=1S/C16H30N2O2/c1-6-7-8-9-10-11-16(12-20-13(2)17-16)14(19)18-15(3,4)5/h6-12H2,1-5H3,(H,18,19). The molecular formula is C16H30N2O2. The fourth-order valence-electron chi connectivity index (χ4n) is 2.43. The molecule has 1 amide bonds. The van der Waals surface area contributed by atoms with Gasteiger partial charge in [-0.3, -0.25) is 4.79 Å². The second-order valence-electron chi connectivity index (χ2n) is 6.82. The number of nitrogens with one attached hydrogen (secondary N) is 1. The van der Waals surface area contributed by atoms with Gasteiger partial charge in [0.25, 0.3) is 5.91 Å². The first-order chi connectivity index (χ1) is 9.29. The molecule has 0 bridgehead atoms. The number of hydrogen-bond acceptors (Lipinski definition) is 3. The lowest BCUT2D eigenvalue weighted by molar-refractivity contribution is -0.128. The Morgan fingerprint density at radius 3 is 2.45 bits per heavy atom. The normalized spacial score (nSPS) is 22.4. The van der Waals surface area contributed by atoms with Crippen LogP contribution in [0.5, 0.6) is 0 Å². The monoisotopic (exact) mass is 282 g/mol. The quantitative estimate of drug-likeness (QED) is 0.727. The van der Waals surface area contributed by atoms with Crippen molar-refractivity contribution in [2.75, 3.05) is 6.61 Å². The van der Waals surface area contributed by atoms with Gasteiger partial charge in [-0.1, -0.05) is 39.0 Å². The molecule has 1 aliphatic heterocycles. The number of nitrogens with zero attached hydrogens (tertiary/aromatic N) is 1. The number of hydrogen-bond donors (Lipinski definition) is 1. The summed E-state index contributed by atoms with van der Waals surface area (Å²) in [7, 11) is 0. The number of rotatable bonds is 7. The second-order valence-corrected chi connectivity index (χ2v) is 6.82. The van der Waals surface area contributed by atoms with Crippen molar-refractivity contribution in [3.63, 3.8) is 0 Å². The number of amides is 1. The molecule has 0 aliphatic carbocycles. The highest BCUT2D eigenvalue weighted by Gasteiger charge is 2.43. The lowest BCUT2D eigenvalue weighted by atomic mass is 9.91. The molecule has 1 heterocycles. The van der Waals surface area contributed by atoms with E-state index in [1.54, 1.807) is 0 Å². The Morgan fingerprint density at radius 1 is 1.30 bits per heavy atom. The second kappa shape index (κ2) is 7.09. The molecule has 1 N–H and O–H groups in total. The summed E-state index contributed by atoms with van der Waals surface area (Å²) in [5, 5.41) is 3.05. The van der Waals surface area contributed by atoms with Crippen molar-refractivity contribution < 1.29 is 9.53 Å². The van der Waals surface area contributed by atoms with Crippen molar-refractivity contribution in [3.05, 3.63) is 0 Å². The lowest BCUT2D eigenvalue weighted by Crippen LogP contribution is -2.53. The van der Waals surface area contributed by atoms with Gasteiger partial charge in [0.05, 0.1) is 0 Å². The van der Waals surface area contributed by atoms with Crippen molar-refractivity contribution in [1.29, 1.82) is 0 Å². The van der Waals surface area contributed by atoms with E-state index in [1.165, 1.54) is 19.3 Å². The molecule has 0 saturated carbocycles. The molecule has 1 unspecified atom stereocenters. The number of carbonyl (C=O) groups excluding carboxylic acids is 1. The zero-order valence-electron chi connectivity index (χ0n) is 13.7. The fraction of sp³-hybridized carbons (Fsp3) is 0.875. The zero-order valence-corrected chi connectivity index (χ0v) is 13.7. The van der Waals surface area contributed by atoms with Crippen LogP contribution >= 0.6 is 0 Å². The van der Waals surface area contributed by atoms with E-state index in [2.05, 4.69) is 17.2 Å². The molecule has 0 aromatic heterocycles. The summed E-state index contributed by atoms with van der Waals surface area (Å²) in [4.78, 5) is 17.1. The highest BCUT2D eigenvalue weighted by atomic mass is 16.5. The van der Waals surface area contributed by atoms with Crippen LogP contribution in [0.25, 0.3) is 0 Å². The first kappa shape index (κ1) is 17.0. The van der Waals surface area contributed by atoms with E-state index in [-0.39, 0.29) is 11.4 Å². The minimum Gasteiger partial charge on any atom is -0.478 e. The molecule has 0 spiro atoms. The minimum absolute atomic E-state index is 0.00246. The number of aliphatic imine (C=N–C) groups is 1. The van der Waals surface area contributed by atoms with Crippen molar-refractivity contribution >= 4 is 11.8 Å². The molecule has 1 aliphatic rings. The smallest absolute Gasteiger partial charge is 0.252 e. The van der Waals surface area contributed by atoms with Crippen LogP contribution in [0.4, 0.5) is 0 Å². The first-order valence-electron chi connectivity index (χ1n) is 7.81. The zero-order chi connectivity index (χ0) is 15.2. The molecule has 0 radical (unpaired) electrons. The largest absolute Gasteiger partial charge is 0.478 e. The summed E-state index contributed by atoms with van der Waals surface area (Å²) < 4.78 is 5.47. The van der Waals surface area contributed by atoms with Gasteiger partial charge >= 0.3 is 0 Å². The van der Waals surface area contributed by atoms with Gasteiger partial charge in [-0.2, -0.15) is 0 Å². The van der Waals surface area contributed by atoms with Crippen molar-refractivity contribution in [3.8, 4) is 0 Å². The Kier molecular flexibility index (Phi) is 6.03. The van der Waals surface area contributed by atoms with Crippen LogP contribution in [0.3, 0.4) is 0 Å². The van der Waals surface area contributed by atoms with Gasteiger partial charge in [-0.25, -0.2) is 4.99 Å². The third-order valence-electron chi connectivity index (χ3n) is 3.50. The van der Waals surface area contributed by atoms with Crippen LogP contribution in [0, 0.1) is 0 Å². The van der Waals surface area contributed by atoms with Gasteiger partial charge in [0, 0.05) is 12.5 Å². The SMILES string of the molecule is CCCCCCCC1(C(=O)NC(C)(C)C)COC(C)=N1. The average molecular weight is 282 g/mol. The molecule has 0 aromatic rings. The predicted octanol–water partition coefficient (Wildman–Crippen LogP) is 3.45. The molecule has 0 aromatic carbocycles. The van der Waals surface area contributed by atoms with Crippen LogP contribution < -0.4 is 5.32 Å². The van der Waals surface area contributed by atoms with Crippen LogP contribution in [-0.2, 0) is 9.53 Å². The number of carbonyl (C=O) groups is 1. The number of unbranched alkanes of at least 4 members (excludes halogenated alkanes) is 4. The maximum absolute atomic E-state index is 12.6. The summed E-state index contributed by atoms with van der Waals surface area (Å²) >= 11 is 0. The third kappa shape index (κ3) is 5.14. The van der Waals surface area contributed by atoms with E-state index >= 15 is 0 Å². The minimum atomic E-state index is -0.705. The van der Waals surface area contributed by atoms with Gasteiger partial charge in [-0.05, 0) is 27.2 Å². The van der Waals surface area contributed by atoms with Gasteiger partial charge in [0.1, 0.15) is 6.61 Å². The predicted molar refractivity (Wildman–Crippen MR) is 83.1 cm³/mol. The van der Waals surface area contributed by atoms with Crippen LogP contribution in [0.15, 0.2) is 4.99 Å². The van der Waals surface area contributed by atoms with E-state index in [0.717, 1.165) is 19.3 Å². The Morgan fingerprint density at radius 2 is 1.95 bits per heavy atom. The average Bonchev–Trinajstić information content (AvgIpc) is 2.70. The summed E-state index contributed by atoms with van der Waals surface area (Å²) in [6.07, 6.45) is 6.69. The summed E-state index contributed by atoms with van der Waals surface area (Å²) in [5.74, 6) is 0.625. The summed E-state index contributed by atoms with van der Waals surface area (Å²) in [6, 6.07) is 0. The topological polar surface area (TPSA) is 50.7 Å². The molecule has 20 heavy (non-hydrogen) atoms. The van der Waals surface area contributed by atoms with E-state index < -0.39 is 5.54 Å². The maximum Gasteiger partial charge on any atom is 0.252 e. The number of ether oxygens (including phenoxy) is 1. The van der Waals surface area contributed by atoms with E-state index in [9.17, 15) is 4.79 Å². The highest BCUT2D eigenvalue weighted by molar-refractivity contribution is 5.92. The van der Waals surface area contributed by atoms with Crippen LogP contribution in [0.1, 0.15) is 73.1 Å². The van der Waals surface area contributed by atoms with E-state index in [0.29, 0.717) is 12.5 Å². The Balaban J connectivity index is 2.61. The molecule has 0 fully saturated rings. The summed E-state index contributed by atoms with van der Waals surface area (Å²) in [6.45, 7) is 10.4. The fourth-order valence-corrected chi connectivity index (χ4v) is 2.43. The van der Waals surface area contributed by atoms with Crippen LogP contribution in [0.2, 0.25) is 0 Å². The highest BCUT2D eigenvalue weighted by Crippen LogP contribution is 2.27. The molecule has 1 atom stereocenters. The van der Waals surface area contributed by atoms with Gasteiger partial charge in [0.15, 0.2) is 11.4 Å². The Bertz CT molecular complexity index is 358. The molecule has 4 nitrogen and oxygen atoms in total. The van der Waals surface area contributed by atoms with Crippen LogP contribution in [-0.4, -0.2) is 29.5 Å². The van der Waals surface area contributed by atoms with Crippen molar-refractivity contribution in [2.45, 2.75) is 84.2 Å². The molecule has 0 saturated heterocycles. The Hall–Kier alpha value is -1.06. The first-order valence-corrected chi connectivity index (χ1v) is 7.81. The molecule has 116 valence electrons. The summed E-state index contributed by atoms with van der Waals surface area (Å²) in [5.41, 5.74) is -0.943. The van der Waals surface area contributed by atoms with E-state index in [1.807, 2.05) is 27.7 Å². The lowest BCUT2D eigenvalue weighted by Gasteiger charge is -2.29. The van der Waals surface area contributed by atoms with E-state index in [4.69, 9.17) is 4.74 Å². The van der Waals surface area contributed by atoms with Gasteiger partial charge in [-0.15, -0.1) is 0 Å². The third-order valence-corrected chi connectivity index (χ3v) is 3.50.